The van der Waals surface area contributed by atoms with Crippen molar-refractivity contribution in [2.45, 2.75) is 44.6 Å². The Balaban J connectivity index is 2.24. The molecule has 2 aliphatic rings. The molecule has 18 heavy (non-hydrogen) atoms. The number of carbonyl (C=O) groups is 2. The van der Waals surface area contributed by atoms with Crippen LogP contribution in [0.4, 0.5) is 0 Å². The molecule has 0 amide bonds. The normalized spacial score (nSPS) is 42.1. The SMILES string of the molecule is CCCC[C@@H]1C[C@H]2CC1[C@](N)(C(=O)O)[C@H]2C(=O)O. The Labute approximate surface area is 106 Å². The van der Waals surface area contributed by atoms with Crippen molar-refractivity contribution in [3.8, 4) is 0 Å². The number of hydrogen-bond donors (Lipinski definition) is 3. The summed E-state index contributed by atoms with van der Waals surface area (Å²) in [6, 6.07) is 0. The molecule has 0 aromatic rings. The molecule has 2 fully saturated rings. The zero-order valence-corrected chi connectivity index (χ0v) is 10.6. The van der Waals surface area contributed by atoms with Crippen LogP contribution in [-0.4, -0.2) is 27.7 Å². The molecule has 2 saturated carbocycles. The molecule has 4 N–H and O–H groups in total. The lowest BCUT2D eigenvalue weighted by molar-refractivity contribution is -0.159. The first-order chi connectivity index (χ1) is 8.42. The number of carboxylic acids is 2. The Morgan fingerprint density at radius 3 is 2.50 bits per heavy atom. The average Bonchev–Trinajstić information content (AvgIpc) is 2.81. The van der Waals surface area contributed by atoms with Crippen molar-refractivity contribution in [2.75, 3.05) is 0 Å². The van der Waals surface area contributed by atoms with Gasteiger partial charge in [-0.05, 0) is 30.6 Å². The minimum Gasteiger partial charge on any atom is -0.481 e. The summed E-state index contributed by atoms with van der Waals surface area (Å²) < 4.78 is 0. The highest BCUT2D eigenvalue weighted by atomic mass is 16.4. The molecule has 5 heteroatoms. The fourth-order valence-corrected chi connectivity index (χ4v) is 4.13. The van der Waals surface area contributed by atoms with Gasteiger partial charge in [-0.15, -0.1) is 0 Å². The maximum Gasteiger partial charge on any atom is 0.324 e. The zero-order chi connectivity index (χ0) is 13.5. The van der Waals surface area contributed by atoms with Gasteiger partial charge in [-0.3, -0.25) is 9.59 Å². The van der Waals surface area contributed by atoms with E-state index >= 15 is 0 Å². The fourth-order valence-electron chi connectivity index (χ4n) is 4.13. The third kappa shape index (κ3) is 1.72. The van der Waals surface area contributed by atoms with Crippen molar-refractivity contribution in [3.05, 3.63) is 0 Å². The van der Waals surface area contributed by atoms with E-state index in [4.69, 9.17) is 5.73 Å². The summed E-state index contributed by atoms with van der Waals surface area (Å²) in [6.45, 7) is 2.10. The minimum atomic E-state index is -1.56. The molecule has 1 unspecified atom stereocenters. The Morgan fingerprint density at radius 1 is 1.33 bits per heavy atom. The molecule has 2 bridgehead atoms. The first-order valence-corrected chi connectivity index (χ1v) is 6.68. The third-order valence-corrected chi connectivity index (χ3v) is 4.90. The van der Waals surface area contributed by atoms with Gasteiger partial charge in [0.15, 0.2) is 0 Å². The second-order valence-electron chi connectivity index (χ2n) is 5.79. The highest BCUT2D eigenvalue weighted by Gasteiger charge is 2.66. The molecule has 2 aliphatic carbocycles. The molecule has 0 radical (unpaired) electrons. The van der Waals surface area contributed by atoms with E-state index in [1.54, 1.807) is 0 Å². The van der Waals surface area contributed by atoms with E-state index in [2.05, 4.69) is 6.92 Å². The van der Waals surface area contributed by atoms with Gasteiger partial charge in [0, 0.05) is 0 Å². The summed E-state index contributed by atoms with van der Waals surface area (Å²) >= 11 is 0. The molecule has 5 atom stereocenters. The van der Waals surface area contributed by atoms with Gasteiger partial charge in [-0.1, -0.05) is 26.2 Å². The Bertz CT molecular complexity index is 370. The summed E-state index contributed by atoms with van der Waals surface area (Å²) in [6.07, 6.45) is 4.58. The number of nitrogens with two attached hydrogens (primary N) is 1. The average molecular weight is 255 g/mol. The predicted octanol–water partition coefficient (Wildman–Crippen LogP) is 1.32. The maximum atomic E-state index is 11.5. The molecule has 0 aromatic carbocycles. The van der Waals surface area contributed by atoms with Gasteiger partial charge in [0.25, 0.3) is 0 Å². The van der Waals surface area contributed by atoms with Crippen LogP contribution in [-0.2, 0) is 9.59 Å². The van der Waals surface area contributed by atoms with E-state index in [0.29, 0.717) is 6.42 Å². The number of carboxylic acid groups (broad SMARTS) is 2. The van der Waals surface area contributed by atoms with Gasteiger partial charge in [0.2, 0.25) is 0 Å². The van der Waals surface area contributed by atoms with Crippen LogP contribution in [0.2, 0.25) is 0 Å². The van der Waals surface area contributed by atoms with E-state index in [-0.39, 0.29) is 17.8 Å². The summed E-state index contributed by atoms with van der Waals surface area (Å²) in [7, 11) is 0. The number of hydrogen-bond acceptors (Lipinski definition) is 3. The molecule has 0 saturated heterocycles. The molecular weight excluding hydrogens is 234 g/mol. The molecular formula is C13H21NO4. The van der Waals surface area contributed by atoms with E-state index in [0.717, 1.165) is 25.7 Å². The Morgan fingerprint density at radius 2 is 2.00 bits per heavy atom. The second-order valence-corrected chi connectivity index (χ2v) is 5.79. The molecule has 0 aliphatic heterocycles. The smallest absolute Gasteiger partial charge is 0.324 e. The lowest BCUT2D eigenvalue weighted by Crippen LogP contribution is -2.61. The van der Waals surface area contributed by atoms with Crippen LogP contribution >= 0.6 is 0 Å². The second kappa shape index (κ2) is 4.53. The summed E-state index contributed by atoms with van der Waals surface area (Å²) in [5.74, 6) is -3.07. The number of rotatable bonds is 5. The van der Waals surface area contributed by atoms with Gasteiger partial charge < -0.3 is 15.9 Å². The van der Waals surface area contributed by atoms with Gasteiger partial charge in [0.1, 0.15) is 5.54 Å². The first-order valence-electron chi connectivity index (χ1n) is 6.68. The minimum absolute atomic E-state index is 0.0598. The Kier molecular flexibility index (Phi) is 3.36. The van der Waals surface area contributed by atoms with Crippen LogP contribution in [0.5, 0.6) is 0 Å². The van der Waals surface area contributed by atoms with Crippen molar-refractivity contribution in [2.24, 2.45) is 29.4 Å². The number of aliphatic carboxylic acids is 2. The third-order valence-electron chi connectivity index (χ3n) is 4.90. The number of unbranched alkanes of at least 4 members (excludes halogenated alkanes) is 1. The molecule has 5 nitrogen and oxygen atoms in total. The highest BCUT2D eigenvalue weighted by Crippen LogP contribution is 2.57. The lowest BCUT2D eigenvalue weighted by atomic mass is 9.67. The van der Waals surface area contributed by atoms with E-state index in [1.807, 2.05) is 0 Å². The van der Waals surface area contributed by atoms with Crippen molar-refractivity contribution < 1.29 is 19.8 Å². The summed E-state index contributed by atoms with van der Waals surface area (Å²) in [4.78, 5) is 22.7. The van der Waals surface area contributed by atoms with Crippen molar-refractivity contribution in [3.63, 3.8) is 0 Å². The fraction of sp³-hybridized carbons (Fsp3) is 0.846. The van der Waals surface area contributed by atoms with E-state index < -0.39 is 23.4 Å². The quantitative estimate of drug-likeness (QED) is 0.687. The van der Waals surface area contributed by atoms with Gasteiger partial charge >= 0.3 is 11.9 Å². The summed E-state index contributed by atoms with van der Waals surface area (Å²) in [5.41, 5.74) is 4.45. The van der Waals surface area contributed by atoms with Crippen molar-refractivity contribution in [1.82, 2.24) is 0 Å². The van der Waals surface area contributed by atoms with E-state index in [1.165, 1.54) is 0 Å². The highest BCUT2D eigenvalue weighted by molar-refractivity contribution is 5.88. The number of fused-ring (bicyclic) bond motifs is 2. The molecule has 0 spiro atoms. The van der Waals surface area contributed by atoms with Gasteiger partial charge in [0.05, 0.1) is 5.92 Å². The maximum absolute atomic E-state index is 11.5. The van der Waals surface area contributed by atoms with Crippen LogP contribution in [0, 0.1) is 23.7 Å². The molecule has 0 aromatic heterocycles. The lowest BCUT2D eigenvalue weighted by Gasteiger charge is -2.39. The zero-order valence-electron chi connectivity index (χ0n) is 10.6. The summed E-state index contributed by atoms with van der Waals surface area (Å²) in [5, 5.41) is 18.6. The monoisotopic (exact) mass is 255 g/mol. The predicted molar refractivity (Wildman–Crippen MR) is 64.9 cm³/mol. The topological polar surface area (TPSA) is 101 Å². The van der Waals surface area contributed by atoms with Crippen LogP contribution in [0.25, 0.3) is 0 Å². The molecule has 0 heterocycles. The van der Waals surface area contributed by atoms with Crippen molar-refractivity contribution >= 4 is 11.9 Å². The van der Waals surface area contributed by atoms with Crippen molar-refractivity contribution in [1.29, 1.82) is 0 Å². The van der Waals surface area contributed by atoms with Crippen LogP contribution in [0.15, 0.2) is 0 Å². The Hall–Kier alpha value is -1.10. The van der Waals surface area contributed by atoms with Crippen LogP contribution in [0.1, 0.15) is 39.0 Å². The van der Waals surface area contributed by atoms with Gasteiger partial charge in [-0.2, -0.15) is 0 Å². The van der Waals surface area contributed by atoms with Gasteiger partial charge in [-0.25, -0.2) is 0 Å². The first kappa shape index (κ1) is 13.3. The van der Waals surface area contributed by atoms with Crippen LogP contribution < -0.4 is 5.73 Å². The molecule has 102 valence electrons. The molecule has 2 rings (SSSR count). The van der Waals surface area contributed by atoms with Crippen LogP contribution in [0.3, 0.4) is 0 Å². The largest absolute Gasteiger partial charge is 0.481 e. The standard InChI is InChI=1S/C13H21NO4/c1-2-3-4-7-5-8-6-9(7)13(14,12(17)18)10(8)11(15)16/h7-10H,2-6,14H2,1H3,(H,15,16)(H,17,18)/t7-,8+,9?,10-,13-/m1/s1. The van der Waals surface area contributed by atoms with E-state index in [9.17, 15) is 19.8 Å².